The Kier molecular flexibility index (Phi) is 3.14. The largest absolute Gasteiger partial charge is 0.368 e. The smallest absolute Gasteiger partial charge is 0.186 e. The Bertz CT molecular complexity index is 482. The van der Waals surface area contributed by atoms with Crippen LogP contribution in [0.25, 0.3) is 10.7 Å². The lowest BCUT2D eigenvalue weighted by Gasteiger charge is -2.07. The Balaban J connectivity index is 2.48. The zero-order valence-electron chi connectivity index (χ0n) is 9.12. The molecule has 1 N–H and O–H groups in total. The fourth-order valence-electron chi connectivity index (χ4n) is 1.36. The van der Waals surface area contributed by atoms with Crippen molar-refractivity contribution < 1.29 is 4.39 Å². The van der Waals surface area contributed by atoms with Gasteiger partial charge in [-0.15, -0.1) is 11.3 Å². The summed E-state index contributed by atoms with van der Waals surface area (Å²) in [5.74, 6) is 0.477. The number of nitrogens with zero attached hydrogens (tertiary/aromatic N) is 2. The van der Waals surface area contributed by atoms with Crippen LogP contribution in [0.3, 0.4) is 0 Å². The molecule has 0 aliphatic rings. The van der Waals surface area contributed by atoms with E-state index in [9.17, 15) is 4.39 Å². The highest BCUT2D eigenvalue weighted by Gasteiger charge is 2.12. The molecule has 0 atom stereocenters. The topological polar surface area (TPSA) is 37.8 Å². The van der Waals surface area contributed by atoms with Gasteiger partial charge in [-0.3, -0.25) is 0 Å². The van der Waals surface area contributed by atoms with Crippen LogP contribution in [0.4, 0.5) is 10.2 Å². The zero-order chi connectivity index (χ0) is 11.5. The monoisotopic (exact) mass is 237 g/mol. The number of nitrogens with one attached hydrogen (secondary N) is 1. The summed E-state index contributed by atoms with van der Waals surface area (Å²) in [6, 6.07) is 3.85. The van der Waals surface area contributed by atoms with Crippen molar-refractivity contribution >= 4 is 17.2 Å². The maximum absolute atomic E-state index is 13.6. The van der Waals surface area contributed by atoms with E-state index in [0.29, 0.717) is 18.1 Å². The van der Waals surface area contributed by atoms with Gasteiger partial charge in [0.2, 0.25) is 0 Å². The van der Waals surface area contributed by atoms with Crippen LogP contribution in [0.2, 0.25) is 0 Å². The van der Waals surface area contributed by atoms with Crippen LogP contribution in [-0.4, -0.2) is 16.5 Å². The summed E-state index contributed by atoms with van der Waals surface area (Å²) in [6.07, 6.45) is 0. The second-order valence-electron chi connectivity index (χ2n) is 3.30. The van der Waals surface area contributed by atoms with E-state index < -0.39 is 0 Å². The van der Waals surface area contributed by atoms with Gasteiger partial charge in [-0.2, -0.15) is 0 Å². The molecule has 2 heterocycles. The molecule has 0 saturated heterocycles. The van der Waals surface area contributed by atoms with Gasteiger partial charge in [-0.25, -0.2) is 14.4 Å². The predicted molar refractivity (Wildman–Crippen MR) is 64.2 cm³/mol. The third-order valence-electron chi connectivity index (χ3n) is 2.10. The van der Waals surface area contributed by atoms with E-state index in [0.717, 1.165) is 4.88 Å². The van der Waals surface area contributed by atoms with Crippen LogP contribution in [0, 0.1) is 12.7 Å². The van der Waals surface area contributed by atoms with Gasteiger partial charge in [0.25, 0.3) is 0 Å². The Hall–Kier alpha value is -1.49. The van der Waals surface area contributed by atoms with Crippen LogP contribution in [0.5, 0.6) is 0 Å². The summed E-state index contributed by atoms with van der Waals surface area (Å²) >= 11 is 1.54. The van der Waals surface area contributed by atoms with Crippen LogP contribution >= 0.6 is 11.3 Å². The van der Waals surface area contributed by atoms with Gasteiger partial charge in [-0.1, -0.05) is 6.07 Å². The molecule has 0 saturated carbocycles. The molecule has 2 rings (SSSR count). The first-order chi connectivity index (χ1) is 7.72. The highest BCUT2D eigenvalue weighted by atomic mass is 32.1. The number of thiophene rings is 1. The van der Waals surface area contributed by atoms with Gasteiger partial charge >= 0.3 is 0 Å². The van der Waals surface area contributed by atoms with Gasteiger partial charge in [0.1, 0.15) is 0 Å². The van der Waals surface area contributed by atoms with Crippen molar-refractivity contribution in [3.63, 3.8) is 0 Å². The first kappa shape index (κ1) is 11.0. The van der Waals surface area contributed by atoms with E-state index in [1.807, 2.05) is 24.4 Å². The molecule has 0 unspecified atom stereocenters. The molecule has 0 aromatic carbocycles. The van der Waals surface area contributed by atoms with Crippen molar-refractivity contribution in [1.82, 2.24) is 9.97 Å². The quantitative estimate of drug-likeness (QED) is 0.891. The van der Waals surface area contributed by atoms with E-state index in [-0.39, 0.29) is 11.6 Å². The molecular formula is C11H12FN3S. The molecule has 0 bridgehead atoms. The van der Waals surface area contributed by atoms with Crippen molar-refractivity contribution in [1.29, 1.82) is 0 Å². The van der Waals surface area contributed by atoms with Crippen molar-refractivity contribution in [3.05, 3.63) is 29.0 Å². The molecule has 2 aromatic heterocycles. The van der Waals surface area contributed by atoms with Crippen LogP contribution in [0.15, 0.2) is 17.5 Å². The van der Waals surface area contributed by atoms with Crippen molar-refractivity contribution in [2.45, 2.75) is 13.8 Å². The van der Waals surface area contributed by atoms with E-state index in [1.54, 1.807) is 18.3 Å². The molecule has 0 fully saturated rings. The number of rotatable bonds is 3. The zero-order valence-corrected chi connectivity index (χ0v) is 9.94. The Labute approximate surface area is 97.4 Å². The normalized spacial score (nSPS) is 10.4. The molecule has 3 nitrogen and oxygen atoms in total. The average Bonchev–Trinajstić information content (AvgIpc) is 2.78. The molecule has 0 amide bonds. The standard InChI is InChI=1S/C11H12FN3S/c1-3-13-11-9(12)7(2)14-10(15-11)8-5-4-6-16-8/h4-6H,3H2,1-2H3,(H,13,14,15). The number of halogens is 1. The van der Waals surface area contributed by atoms with Crippen molar-refractivity contribution in [2.75, 3.05) is 11.9 Å². The first-order valence-electron chi connectivity index (χ1n) is 5.04. The average molecular weight is 237 g/mol. The fourth-order valence-corrected chi connectivity index (χ4v) is 2.02. The Morgan fingerprint density at radius 1 is 1.44 bits per heavy atom. The lowest BCUT2D eigenvalue weighted by molar-refractivity contribution is 0.606. The molecule has 0 aliphatic heterocycles. The maximum atomic E-state index is 13.6. The van der Waals surface area contributed by atoms with E-state index in [4.69, 9.17) is 0 Å². The summed E-state index contributed by atoms with van der Waals surface area (Å²) in [7, 11) is 0. The number of aromatic nitrogens is 2. The van der Waals surface area contributed by atoms with Crippen molar-refractivity contribution in [3.8, 4) is 10.7 Å². The molecule has 0 radical (unpaired) electrons. The second-order valence-corrected chi connectivity index (χ2v) is 4.25. The minimum absolute atomic E-state index is 0.276. The number of hydrogen-bond donors (Lipinski definition) is 1. The summed E-state index contributed by atoms with van der Waals surface area (Å²) in [5.41, 5.74) is 0.370. The lowest BCUT2D eigenvalue weighted by atomic mass is 10.3. The molecule has 2 aromatic rings. The molecular weight excluding hydrogens is 225 g/mol. The SMILES string of the molecule is CCNc1nc(-c2cccs2)nc(C)c1F. The molecule has 0 spiro atoms. The fraction of sp³-hybridized carbons (Fsp3) is 0.273. The summed E-state index contributed by atoms with van der Waals surface area (Å²) in [4.78, 5) is 9.27. The van der Waals surface area contributed by atoms with Gasteiger partial charge in [0, 0.05) is 6.54 Å². The summed E-state index contributed by atoms with van der Waals surface area (Å²) in [6.45, 7) is 4.19. The number of hydrogen-bond acceptors (Lipinski definition) is 4. The van der Waals surface area contributed by atoms with E-state index in [1.165, 1.54) is 0 Å². The number of anilines is 1. The predicted octanol–water partition coefficient (Wildman–Crippen LogP) is 3.08. The molecule has 84 valence electrons. The van der Waals surface area contributed by atoms with Gasteiger partial charge in [0.15, 0.2) is 17.5 Å². The summed E-state index contributed by atoms with van der Waals surface area (Å²) < 4.78 is 13.6. The van der Waals surface area contributed by atoms with E-state index >= 15 is 0 Å². The van der Waals surface area contributed by atoms with Crippen LogP contribution in [0.1, 0.15) is 12.6 Å². The number of aryl methyl sites for hydroxylation is 1. The maximum Gasteiger partial charge on any atom is 0.186 e. The molecule has 5 heteroatoms. The van der Waals surface area contributed by atoms with Gasteiger partial charge in [0.05, 0.1) is 10.6 Å². The highest BCUT2D eigenvalue weighted by molar-refractivity contribution is 7.13. The van der Waals surface area contributed by atoms with Crippen LogP contribution in [-0.2, 0) is 0 Å². The molecule has 0 aliphatic carbocycles. The third-order valence-corrected chi connectivity index (χ3v) is 2.97. The second kappa shape index (κ2) is 4.57. The van der Waals surface area contributed by atoms with Crippen molar-refractivity contribution in [2.24, 2.45) is 0 Å². The molecule has 16 heavy (non-hydrogen) atoms. The minimum Gasteiger partial charge on any atom is -0.368 e. The van der Waals surface area contributed by atoms with Gasteiger partial charge < -0.3 is 5.32 Å². The van der Waals surface area contributed by atoms with E-state index in [2.05, 4.69) is 15.3 Å². The first-order valence-corrected chi connectivity index (χ1v) is 5.92. The van der Waals surface area contributed by atoms with Gasteiger partial charge in [-0.05, 0) is 25.3 Å². The summed E-state index contributed by atoms with van der Waals surface area (Å²) in [5, 5.41) is 4.85. The Morgan fingerprint density at radius 3 is 2.88 bits per heavy atom. The Morgan fingerprint density at radius 2 is 2.25 bits per heavy atom. The lowest BCUT2D eigenvalue weighted by Crippen LogP contribution is -2.06. The minimum atomic E-state index is -0.373. The van der Waals surface area contributed by atoms with Crippen LogP contribution < -0.4 is 5.32 Å². The third kappa shape index (κ3) is 2.04. The highest BCUT2D eigenvalue weighted by Crippen LogP contribution is 2.24.